The molecule has 3 aromatic rings. The van der Waals surface area contributed by atoms with Gasteiger partial charge in [-0.05, 0) is 108 Å². The van der Waals surface area contributed by atoms with Gasteiger partial charge in [-0.1, -0.05) is 27.7 Å². The van der Waals surface area contributed by atoms with Crippen LogP contribution in [0.25, 0.3) is 0 Å². The van der Waals surface area contributed by atoms with Crippen LogP contribution in [0.1, 0.15) is 139 Å². The van der Waals surface area contributed by atoms with Crippen LogP contribution >= 0.6 is 0 Å². The van der Waals surface area contributed by atoms with Gasteiger partial charge in [-0.25, -0.2) is 9.97 Å². The summed E-state index contributed by atoms with van der Waals surface area (Å²) in [5.74, 6) is 0.0918. The summed E-state index contributed by atoms with van der Waals surface area (Å²) in [4.78, 5) is 80.1. The number of anilines is 1. The van der Waals surface area contributed by atoms with Crippen molar-refractivity contribution >= 4 is 35.5 Å². The summed E-state index contributed by atoms with van der Waals surface area (Å²) < 4.78 is 12.9. The normalized spacial score (nSPS) is 24.9. The molecule has 344 valence electrons. The first-order valence-corrected chi connectivity index (χ1v) is 23.1. The molecule has 5 amide bonds. The van der Waals surface area contributed by atoms with Crippen molar-refractivity contribution in [2.24, 2.45) is 16.7 Å². The van der Waals surface area contributed by atoms with E-state index in [2.05, 4.69) is 68.0 Å². The monoisotopic (exact) mass is 886 g/mol. The topological polar surface area (TPSA) is 187 Å². The second-order valence-electron chi connectivity index (χ2n) is 20.4. The van der Waals surface area contributed by atoms with Crippen molar-refractivity contribution in [3.8, 4) is 17.6 Å². The van der Waals surface area contributed by atoms with Gasteiger partial charge in [-0.3, -0.25) is 39.1 Å². The fourth-order valence-corrected chi connectivity index (χ4v) is 11.5. The molecule has 0 bridgehead atoms. The van der Waals surface area contributed by atoms with Crippen LogP contribution in [0, 0.1) is 55.8 Å². The van der Waals surface area contributed by atoms with E-state index in [9.17, 15) is 29.2 Å². The third-order valence-corrected chi connectivity index (χ3v) is 14.8. The molecule has 4 heterocycles. The van der Waals surface area contributed by atoms with E-state index in [4.69, 9.17) is 19.4 Å². The van der Waals surface area contributed by atoms with Crippen LogP contribution in [0.3, 0.4) is 0 Å². The minimum atomic E-state index is -1.01. The smallest absolute Gasteiger partial charge is 0.262 e. The Labute approximate surface area is 381 Å². The van der Waals surface area contributed by atoms with Gasteiger partial charge in [0, 0.05) is 67.9 Å². The average molecular weight is 887 g/mol. The van der Waals surface area contributed by atoms with Gasteiger partial charge in [0.2, 0.25) is 17.8 Å². The first-order valence-electron chi connectivity index (χ1n) is 23.1. The third kappa shape index (κ3) is 8.34. The Balaban J connectivity index is 0.826. The maximum absolute atomic E-state index is 14.0. The Morgan fingerprint density at radius 1 is 0.892 bits per heavy atom. The Kier molecular flexibility index (Phi) is 12.1. The summed E-state index contributed by atoms with van der Waals surface area (Å²) in [6, 6.07) is 10.5. The van der Waals surface area contributed by atoms with Crippen LogP contribution in [0.4, 0.5) is 5.95 Å². The van der Waals surface area contributed by atoms with Crippen molar-refractivity contribution in [3.05, 3.63) is 75.1 Å². The van der Waals surface area contributed by atoms with Gasteiger partial charge >= 0.3 is 0 Å². The molecule has 2 saturated carbocycles. The number of aromatic nitrogens is 2. The van der Waals surface area contributed by atoms with Crippen molar-refractivity contribution in [2.45, 2.75) is 144 Å². The number of nitriles is 1. The lowest BCUT2D eigenvalue weighted by molar-refractivity contribution is -0.164. The molecule has 0 spiro atoms. The molecule has 4 fully saturated rings. The van der Waals surface area contributed by atoms with E-state index < -0.39 is 29.7 Å². The number of benzene rings is 2. The zero-order chi connectivity index (χ0) is 46.9. The number of ether oxygens (including phenoxy) is 2. The maximum Gasteiger partial charge on any atom is 0.262 e. The van der Waals surface area contributed by atoms with E-state index >= 15 is 0 Å². The minimum absolute atomic E-state index is 0.0280. The van der Waals surface area contributed by atoms with Gasteiger partial charge in [0.25, 0.3) is 17.7 Å². The zero-order valence-electron chi connectivity index (χ0n) is 39.3. The van der Waals surface area contributed by atoms with Crippen LogP contribution in [0.5, 0.6) is 11.5 Å². The first-order chi connectivity index (χ1) is 30.7. The Bertz CT molecular complexity index is 2430. The summed E-state index contributed by atoms with van der Waals surface area (Å²) >= 11 is 0. The second-order valence-corrected chi connectivity index (χ2v) is 20.4. The molecule has 3 aliphatic heterocycles. The van der Waals surface area contributed by atoms with E-state index in [0.29, 0.717) is 52.2 Å². The zero-order valence-corrected chi connectivity index (χ0v) is 39.3. The molecule has 1 aromatic heterocycles. The molecule has 2 aliphatic carbocycles. The highest BCUT2D eigenvalue weighted by Crippen LogP contribution is 2.56. The molecule has 5 aliphatic rings. The number of carbonyl (C=O) groups is 5. The lowest BCUT2D eigenvalue weighted by atomic mass is 9.49. The van der Waals surface area contributed by atoms with E-state index in [1.807, 2.05) is 39.8 Å². The summed E-state index contributed by atoms with van der Waals surface area (Å²) in [5.41, 5.74) is 3.94. The summed E-state index contributed by atoms with van der Waals surface area (Å²) in [6.07, 6.45) is 3.66. The number of piperidine rings is 2. The molecule has 65 heavy (non-hydrogen) atoms. The standard InChI is InChI=1S/C50H62N8O7/c1-26(2)57(32-21-35(22-32)64-33-11-12-36-37(23-33)45(63)58(44(36)62)39-13-14-40(59)54-42(39)60)25-31-15-17-56(18-16-31)48-52-29(5)41(30(6)53-48)43(61)55-46-49(7,8)47(50(46,9)10)65-34-19-27(3)38(24-51)28(4)20-34/h11-12,19-20,23,26,31-32,35,39,46-47H,13-18,21-22,25H2,1-10H3,(H,55,61)(H,54,59,60). The summed E-state index contributed by atoms with van der Waals surface area (Å²) in [6.45, 7) is 23.2. The number of fused-ring (bicyclic) bond motifs is 1. The van der Waals surface area contributed by atoms with Gasteiger partial charge in [-0.15, -0.1) is 0 Å². The van der Waals surface area contributed by atoms with Crippen molar-refractivity contribution < 1.29 is 33.4 Å². The predicted octanol–water partition coefficient (Wildman–Crippen LogP) is 6.13. The molecule has 0 radical (unpaired) electrons. The highest BCUT2D eigenvalue weighted by atomic mass is 16.5. The number of hydrogen-bond acceptors (Lipinski definition) is 12. The molecule has 2 saturated heterocycles. The number of aryl methyl sites for hydroxylation is 4. The number of imide groups is 2. The van der Waals surface area contributed by atoms with Crippen molar-refractivity contribution in [1.29, 1.82) is 5.26 Å². The predicted molar refractivity (Wildman–Crippen MR) is 243 cm³/mol. The highest BCUT2D eigenvalue weighted by Gasteiger charge is 2.64. The molecule has 8 rings (SSSR count). The molecular weight excluding hydrogens is 825 g/mol. The molecule has 1 unspecified atom stereocenters. The lowest BCUT2D eigenvalue weighted by Crippen LogP contribution is -2.74. The van der Waals surface area contributed by atoms with Crippen LogP contribution in [-0.4, -0.2) is 105 Å². The number of carbonyl (C=O) groups excluding carboxylic acids is 5. The first kappa shape index (κ1) is 45.7. The van der Waals surface area contributed by atoms with Crippen molar-refractivity contribution in [1.82, 2.24) is 30.4 Å². The van der Waals surface area contributed by atoms with Crippen molar-refractivity contribution in [3.63, 3.8) is 0 Å². The number of nitrogens with zero attached hydrogens (tertiary/aromatic N) is 6. The quantitative estimate of drug-likeness (QED) is 0.199. The fourth-order valence-electron chi connectivity index (χ4n) is 11.5. The van der Waals surface area contributed by atoms with Gasteiger partial charge in [0.1, 0.15) is 29.7 Å². The van der Waals surface area contributed by atoms with E-state index in [0.717, 1.165) is 67.1 Å². The van der Waals surface area contributed by atoms with Crippen LogP contribution in [-0.2, 0) is 9.59 Å². The molecular formula is C50H62N8O7. The van der Waals surface area contributed by atoms with Gasteiger partial charge in [0.05, 0.1) is 39.7 Å². The summed E-state index contributed by atoms with van der Waals surface area (Å²) in [7, 11) is 0. The SMILES string of the molecule is Cc1cc(OC2C(C)(C)C(NC(=O)c3c(C)nc(N4CCC(CN(C(C)C)C5CC(Oc6ccc7c(c6)C(=O)N(C6CCC(=O)NC6=O)C7=O)C5)CC4)nc3C)C2(C)C)cc(C)c1C#N. The number of nitrogens with one attached hydrogen (secondary N) is 2. The third-order valence-electron chi connectivity index (χ3n) is 14.8. The van der Waals surface area contributed by atoms with Crippen LogP contribution < -0.4 is 25.0 Å². The molecule has 15 nitrogen and oxygen atoms in total. The lowest BCUT2D eigenvalue weighted by Gasteiger charge is -2.63. The van der Waals surface area contributed by atoms with Gasteiger partial charge in [-0.2, -0.15) is 5.26 Å². The largest absolute Gasteiger partial charge is 0.490 e. The molecule has 2 N–H and O–H groups in total. The van der Waals surface area contributed by atoms with Crippen molar-refractivity contribution in [2.75, 3.05) is 24.5 Å². The average Bonchev–Trinajstić information content (AvgIpc) is 3.46. The Morgan fingerprint density at radius 3 is 2.09 bits per heavy atom. The van der Waals surface area contributed by atoms with Gasteiger partial charge < -0.3 is 19.7 Å². The highest BCUT2D eigenvalue weighted by molar-refractivity contribution is 6.23. The maximum atomic E-state index is 14.0. The molecule has 1 atom stereocenters. The molecule has 2 aromatic carbocycles. The van der Waals surface area contributed by atoms with Gasteiger partial charge in [0.15, 0.2) is 0 Å². The van der Waals surface area contributed by atoms with E-state index in [1.54, 1.807) is 18.2 Å². The number of hydrogen-bond donors (Lipinski definition) is 2. The Morgan fingerprint density at radius 2 is 1.51 bits per heavy atom. The summed E-state index contributed by atoms with van der Waals surface area (Å²) in [5, 5.41) is 15.1. The second kappa shape index (κ2) is 17.2. The van der Waals surface area contributed by atoms with Crippen LogP contribution in [0.2, 0.25) is 0 Å². The number of amides is 5. The fraction of sp³-hybridized carbons (Fsp3) is 0.560. The molecule has 15 heteroatoms. The minimum Gasteiger partial charge on any atom is -0.490 e. The van der Waals surface area contributed by atoms with E-state index in [-0.39, 0.29) is 59.0 Å². The van der Waals surface area contributed by atoms with Crippen LogP contribution in [0.15, 0.2) is 30.3 Å². The number of rotatable bonds is 12. The Hall–Kier alpha value is -5.88. The van der Waals surface area contributed by atoms with E-state index in [1.165, 1.54) is 0 Å².